The lowest BCUT2D eigenvalue weighted by Gasteiger charge is -2.02. The van der Waals surface area contributed by atoms with Gasteiger partial charge in [0.05, 0.1) is 7.11 Å². The molecule has 2 aromatic rings. The molecule has 1 aromatic heterocycles. The molecule has 1 heterocycles. The maximum Gasteiger partial charge on any atom is 0.120 e. The number of hydrogen-bond donors (Lipinski definition) is 2. The summed E-state index contributed by atoms with van der Waals surface area (Å²) in [6, 6.07) is 6.05. The molecular formula is C12H16N2O. The normalized spacial score (nSPS) is 13.1. The average Bonchev–Trinajstić information content (AvgIpc) is 2.55. The number of methoxy groups -OCH3 is 1. The van der Waals surface area contributed by atoms with Crippen molar-refractivity contribution in [1.29, 1.82) is 0 Å². The third kappa shape index (κ3) is 1.59. The summed E-state index contributed by atoms with van der Waals surface area (Å²) in [7, 11) is 1.67. The molecule has 1 unspecified atom stereocenters. The molecule has 1 aromatic carbocycles. The summed E-state index contributed by atoms with van der Waals surface area (Å²) in [5.74, 6) is 0.861. The fourth-order valence-corrected chi connectivity index (χ4v) is 1.92. The SMILES string of the molecule is COc1ccc2c(C)c(C(C)N)[nH]c2c1. The number of aromatic nitrogens is 1. The van der Waals surface area contributed by atoms with Crippen LogP contribution >= 0.6 is 0 Å². The molecule has 0 fully saturated rings. The maximum atomic E-state index is 5.89. The lowest BCUT2D eigenvalue weighted by Crippen LogP contribution is -2.06. The number of nitrogens with one attached hydrogen (secondary N) is 1. The zero-order valence-electron chi connectivity index (χ0n) is 9.29. The smallest absolute Gasteiger partial charge is 0.120 e. The fourth-order valence-electron chi connectivity index (χ4n) is 1.92. The molecular weight excluding hydrogens is 188 g/mol. The second kappa shape index (κ2) is 3.59. The molecule has 0 saturated heterocycles. The molecule has 2 rings (SSSR count). The third-order valence-corrected chi connectivity index (χ3v) is 2.76. The van der Waals surface area contributed by atoms with Crippen LogP contribution in [0.3, 0.4) is 0 Å². The van der Waals surface area contributed by atoms with E-state index in [2.05, 4.69) is 18.0 Å². The van der Waals surface area contributed by atoms with Gasteiger partial charge in [-0.3, -0.25) is 0 Å². The quantitative estimate of drug-likeness (QED) is 0.789. The fraction of sp³-hybridized carbons (Fsp3) is 0.333. The maximum absolute atomic E-state index is 5.89. The van der Waals surface area contributed by atoms with Crippen molar-refractivity contribution in [2.45, 2.75) is 19.9 Å². The van der Waals surface area contributed by atoms with Crippen molar-refractivity contribution in [1.82, 2.24) is 4.98 Å². The van der Waals surface area contributed by atoms with Gasteiger partial charge in [-0.2, -0.15) is 0 Å². The van der Waals surface area contributed by atoms with E-state index in [-0.39, 0.29) is 6.04 Å². The van der Waals surface area contributed by atoms with E-state index in [1.165, 1.54) is 10.9 Å². The van der Waals surface area contributed by atoms with E-state index in [4.69, 9.17) is 10.5 Å². The van der Waals surface area contributed by atoms with Gasteiger partial charge in [0.15, 0.2) is 0 Å². The zero-order chi connectivity index (χ0) is 11.0. The van der Waals surface area contributed by atoms with E-state index >= 15 is 0 Å². The Kier molecular flexibility index (Phi) is 2.40. The van der Waals surface area contributed by atoms with E-state index in [1.54, 1.807) is 7.11 Å². The number of aromatic amines is 1. The van der Waals surface area contributed by atoms with Gasteiger partial charge in [0.2, 0.25) is 0 Å². The van der Waals surface area contributed by atoms with Crippen LogP contribution in [0.1, 0.15) is 24.2 Å². The van der Waals surface area contributed by atoms with Crippen molar-refractivity contribution >= 4 is 10.9 Å². The van der Waals surface area contributed by atoms with Gasteiger partial charge >= 0.3 is 0 Å². The summed E-state index contributed by atoms with van der Waals surface area (Å²) in [6.45, 7) is 4.07. The van der Waals surface area contributed by atoms with Gasteiger partial charge in [-0.1, -0.05) is 0 Å². The minimum atomic E-state index is 0.0309. The van der Waals surface area contributed by atoms with Gasteiger partial charge in [0.25, 0.3) is 0 Å². The summed E-state index contributed by atoms with van der Waals surface area (Å²) < 4.78 is 5.18. The molecule has 0 aliphatic heterocycles. The predicted octanol–water partition coefficient (Wildman–Crippen LogP) is 2.50. The standard InChI is InChI=1S/C12H16N2O/c1-7-10-5-4-9(15-3)6-11(10)14-12(7)8(2)13/h4-6,8,14H,13H2,1-3H3. The third-order valence-electron chi connectivity index (χ3n) is 2.76. The molecule has 3 heteroatoms. The van der Waals surface area contributed by atoms with Crippen molar-refractivity contribution in [3.63, 3.8) is 0 Å². The summed E-state index contributed by atoms with van der Waals surface area (Å²) in [5, 5.41) is 1.21. The second-order valence-electron chi connectivity index (χ2n) is 3.86. The van der Waals surface area contributed by atoms with Crippen LogP contribution < -0.4 is 10.5 Å². The zero-order valence-corrected chi connectivity index (χ0v) is 9.29. The Morgan fingerprint density at radius 2 is 2.13 bits per heavy atom. The highest BCUT2D eigenvalue weighted by molar-refractivity contribution is 5.85. The van der Waals surface area contributed by atoms with Crippen molar-refractivity contribution in [3.8, 4) is 5.75 Å². The number of benzene rings is 1. The van der Waals surface area contributed by atoms with Crippen LogP contribution in [0.25, 0.3) is 10.9 Å². The highest BCUT2D eigenvalue weighted by Gasteiger charge is 2.10. The van der Waals surface area contributed by atoms with E-state index in [0.29, 0.717) is 0 Å². The lowest BCUT2D eigenvalue weighted by atomic mass is 10.1. The van der Waals surface area contributed by atoms with Gasteiger partial charge in [0, 0.05) is 28.7 Å². The average molecular weight is 204 g/mol. The van der Waals surface area contributed by atoms with E-state index in [9.17, 15) is 0 Å². The minimum absolute atomic E-state index is 0.0309. The summed E-state index contributed by atoms with van der Waals surface area (Å²) in [5.41, 5.74) is 9.29. The van der Waals surface area contributed by atoms with E-state index in [0.717, 1.165) is 17.0 Å². The molecule has 0 aliphatic rings. The lowest BCUT2D eigenvalue weighted by molar-refractivity contribution is 0.415. The number of ether oxygens (including phenoxy) is 1. The number of rotatable bonds is 2. The molecule has 0 aliphatic carbocycles. The molecule has 0 bridgehead atoms. The Morgan fingerprint density at radius 3 is 2.73 bits per heavy atom. The molecule has 3 nitrogen and oxygen atoms in total. The highest BCUT2D eigenvalue weighted by Crippen LogP contribution is 2.27. The largest absolute Gasteiger partial charge is 0.497 e. The Balaban J connectivity index is 2.65. The molecule has 1 atom stereocenters. The molecule has 0 amide bonds. The van der Waals surface area contributed by atoms with Gasteiger partial charge in [-0.05, 0) is 31.5 Å². The molecule has 0 spiro atoms. The van der Waals surface area contributed by atoms with Crippen LogP contribution in [0.2, 0.25) is 0 Å². The number of H-pyrrole nitrogens is 1. The first-order valence-electron chi connectivity index (χ1n) is 5.05. The predicted molar refractivity (Wildman–Crippen MR) is 62.2 cm³/mol. The first kappa shape index (κ1) is 10.1. The highest BCUT2D eigenvalue weighted by atomic mass is 16.5. The van der Waals surface area contributed by atoms with Crippen molar-refractivity contribution in [2.75, 3.05) is 7.11 Å². The molecule has 3 N–H and O–H groups in total. The Bertz CT molecular complexity index is 486. The molecule has 0 radical (unpaired) electrons. The van der Waals surface area contributed by atoms with Crippen molar-refractivity contribution < 1.29 is 4.74 Å². The number of fused-ring (bicyclic) bond motifs is 1. The number of hydrogen-bond acceptors (Lipinski definition) is 2. The molecule has 15 heavy (non-hydrogen) atoms. The van der Waals surface area contributed by atoms with Crippen LogP contribution in [-0.4, -0.2) is 12.1 Å². The summed E-state index contributed by atoms with van der Waals surface area (Å²) in [4.78, 5) is 3.33. The van der Waals surface area contributed by atoms with Crippen LogP contribution in [0.15, 0.2) is 18.2 Å². The van der Waals surface area contributed by atoms with E-state index < -0.39 is 0 Å². The Hall–Kier alpha value is -1.48. The Morgan fingerprint density at radius 1 is 1.40 bits per heavy atom. The van der Waals surface area contributed by atoms with Gasteiger partial charge in [-0.15, -0.1) is 0 Å². The number of aryl methyl sites for hydroxylation is 1. The number of nitrogens with two attached hydrogens (primary N) is 1. The van der Waals surface area contributed by atoms with Crippen LogP contribution in [0.5, 0.6) is 5.75 Å². The van der Waals surface area contributed by atoms with Crippen LogP contribution in [0.4, 0.5) is 0 Å². The first-order chi connectivity index (χ1) is 7.13. The van der Waals surface area contributed by atoms with Crippen LogP contribution in [0, 0.1) is 6.92 Å². The summed E-state index contributed by atoms with van der Waals surface area (Å²) in [6.07, 6.45) is 0. The van der Waals surface area contributed by atoms with Crippen LogP contribution in [-0.2, 0) is 0 Å². The molecule has 80 valence electrons. The second-order valence-corrected chi connectivity index (χ2v) is 3.86. The van der Waals surface area contributed by atoms with Crippen molar-refractivity contribution in [3.05, 3.63) is 29.5 Å². The molecule has 0 saturated carbocycles. The first-order valence-corrected chi connectivity index (χ1v) is 5.05. The summed E-state index contributed by atoms with van der Waals surface area (Å²) >= 11 is 0. The Labute approximate surface area is 89.2 Å². The van der Waals surface area contributed by atoms with Crippen molar-refractivity contribution in [2.24, 2.45) is 5.73 Å². The van der Waals surface area contributed by atoms with Gasteiger partial charge in [-0.25, -0.2) is 0 Å². The monoisotopic (exact) mass is 204 g/mol. The topological polar surface area (TPSA) is 51.0 Å². The van der Waals surface area contributed by atoms with E-state index in [1.807, 2.05) is 19.1 Å². The minimum Gasteiger partial charge on any atom is -0.497 e. The van der Waals surface area contributed by atoms with Gasteiger partial charge in [0.1, 0.15) is 5.75 Å². The van der Waals surface area contributed by atoms with Gasteiger partial charge < -0.3 is 15.5 Å².